The van der Waals surface area contributed by atoms with Crippen LogP contribution in [-0.2, 0) is 4.79 Å². The standard InChI is InChI=1S/C23H25F2N5O2/c24-23(25)32-17-7-3-5-15(13-17)20-26-18-8-9-19(27-21(18)28-20)30-12-4-6-16(14-30)22(31)29-10-1-2-11-29/h3,5,7-9,13,16,23H,1-2,4,6,10-12,14H2,(H,26,27,28). The molecule has 0 bridgehead atoms. The van der Waals surface area contributed by atoms with Gasteiger partial charge in [-0.2, -0.15) is 8.78 Å². The number of hydrogen-bond donors (Lipinski definition) is 1. The van der Waals surface area contributed by atoms with Crippen LogP contribution in [0.25, 0.3) is 22.6 Å². The summed E-state index contributed by atoms with van der Waals surface area (Å²) >= 11 is 0. The highest BCUT2D eigenvalue weighted by Gasteiger charge is 2.31. The molecule has 3 aromatic rings. The lowest BCUT2D eigenvalue weighted by Crippen LogP contribution is -2.44. The molecule has 168 valence electrons. The van der Waals surface area contributed by atoms with Gasteiger partial charge in [0.25, 0.3) is 0 Å². The number of piperidine rings is 1. The first-order valence-electron chi connectivity index (χ1n) is 11.0. The Morgan fingerprint density at radius 3 is 2.75 bits per heavy atom. The number of halogens is 2. The van der Waals surface area contributed by atoms with Gasteiger partial charge in [-0.05, 0) is 49.9 Å². The van der Waals surface area contributed by atoms with Gasteiger partial charge in [-0.1, -0.05) is 12.1 Å². The number of carbonyl (C=O) groups is 1. The quantitative estimate of drug-likeness (QED) is 0.646. The molecule has 0 aliphatic carbocycles. The van der Waals surface area contributed by atoms with Crippen LogP contribution in [-0.4, -0.2) is 58.5 Å². The summed E-state index contributed by atoms with van der Waals surface area (Å²) in [5.74, 6) is 1.68. The second-order valence-electron chi connectivity index (χ2n) is 8.35. The molecule has 1 amide bonds. The number of benzene rings is 1. The number of aromatic nitrogens is 3. The molecule has 1 atom stereocenters. The zero-order valence-electron chi connectivity index (χ0n) is 17.6. The van der Waals surface area contributed by atoms with Crippen LogP contribution >= 0.6 is 0 Å². The van der Waals surface area contributed by atoms with E-state index in [0.717, 1.165) is 56.7 Å². The minimum Gasteiger partial charge on any atom is -0.435 e. The van der Waals surface area contributed by atoms with Crippen molar-refractivity contribution in [1.29, 1.82) is 0 Å². The molecule has 0 saturated carbocycles. The molecule has 7 nitrogen and oxygen atoms in total. The molecule has 2 aliphatic heterocycles. The molecule has 1 N–H and O–H groups in total. The molecule has 2 aliphatic rings. The Morgan fingerprint density at radius 2 is 1.94 bits per heavy atom. The molecule has 0 spiro atoms. The Hall–Kier alpha value is -3.23. The Labute approximate surface area is 184 Å². The molecular weight excluding hydrogens is 416 g/mol. The normalized spacial score (nSPS) is 19.2. The van der Waals surface area contributed by atoms with Crippen LogP contribution in [0.3, 0.4) is 0 Å². The van der Waals surface area contributed by atoms with Gasteiger partial charge in [0.1, 0.15) is 17.4 Å². The molecule has 0 radical (unpaired) electrons. The van der Waals surface area contributed by atoms with E-state index in [9.17, 15) is 13.6 Å². The second kappa shape index (κ2) is 8.72. The van der Waals surface area contributed by atoms with Gasteiger partial charge in [0, 0.05) is 31.7 Å². The zero-order chi connectivity index (χ0) is 22.1. The molecule has 1 aromatic carbocycles. The topological polar surface area (TPSA) is 74.3 Å². The van der Waals surface area contributed by atoms with Crippen LogP contribution in [0.1, 0.15) is 25.7 Å². The van der Waals surface area contributed by atoms with Crippen molar-refractivity contribution in [2.45, 2.75) is 32.3 Å². The van der Waals surface area contributed by atoms with E-state index in [1.165, 1.54) is 12.1 Å². The number of aromatic amines is 1. The molecule has 2 saturated heterocycles. The fourth-order valence-corrected chi connectivity index (χ4v) is 4.60. The number of pyridine rings is 1. The van der Waals surface area contributed by atoms with Crippen LogP contribution in [0.4, 0.5) is 14.6 Å². The van der Waals surface area contributed by atoms with Gasteiger partial charge in [-0.3, -0.25) is 4.79 Å². The predicted molar refractivity (Wildman–Crippen MR) is 117 cm³/mol. The summed E-state index contributed by atoms with van der Waals surface area (Å²) in [5.41, 5.74) is 1.94. The molecule has 9 heteroatoms. The van der Waals surface area contributed by atoms with Crippen molar-refractivity contribution in [3.63, 3.8) is 0 Å². The average Bonchev–Trinajstić information content (AvgIpc) is 3.48. The number of hydrogen-bond acceptors (Lipinski definition) is 5. The van der Waals surface area contributed by atoms with Gasteiger partial charge in [0.05, 0.1) is 11.4 Å². The van der Waals surface area contributed by atoms with Crippen LogP contribution < -0.4 is 9.64 Å². The summed E-state index contributed by atoms with van der Waals surface area (Å²) in [4.78, 5) is 29.5. The highest BCUT2D eigenvalue weighted by atomic mass is 19.3. The molecule has 2 fully saturated rings. The Morgan fingerprint density at radius 1 is 1.09 bits per heavy atom. The number of anilines is 1. The van der Waals surface area contributed by atoms with Crippen LogP contribution in [0.5, 0.6) is 5.75 Å². The van der Waals surface area contributed by atoms with E-state index in [1.807, 2.05) is 17.0 Å². The van der Waals surface area contributed by atoms with E-state index in [2.05, 4.69) is 19.6 Å². The van der Waals surface area contributed by atoms with Crippen LogP contribution in [0.15, 0.2) is 36.4 Å². The number of ether oxygens (including phenoxy) is 1. The smallest absolute Gasteiger partial charge is 0.387 e. The second-order valence-corrected chi connectivity index (χ2v) is 8.35. The molecule has 4 heterocycles. The van der Waals surface area contributed by atoms with E-state index in [-0.39, 0.29) is 17.6 Å². The van der Waals surface area contributed by atoms with Gasteiger partial charge in [0.15, 0.2) is 5.65 Å². The van der Waals surface area contributed by atoms with Gasteiger partial charge in [-0.15, -0.1) is 0 Å². The van der Waals surface area contributed by atoms with Crippen molar-refractivity contribution in [3.05, 3.63) is 36.4 Å². The summed E-state index contributed by atoms with van der Waals surface area (Å²) in [6, 6.07) is 10.3. The summed E-state index contributed by atoms with van der Waals surface area (Å²) < 4.78 is 29.5. The Kier molecular flexibility index (Phi) is 5.63. The largest absolute Gasteiger partial charge is 0.435 e. The third-order valence-corrected chi connectivity index (χ3v) is 6.18. The highest BCUT2D eigenvalue weighted by Crippen LogP contribution is 2.28. The van der Waals surface area contributed by atoms with E-state index < -0.39 is 6.61 Å². The van der Waals surface area contributed by atoms with E-state index in [0.29, 0.717) is 23.6 Å². The van der Waals surface area contributed by atoms with Crippen molar-refractivity contribution < 1.29 is 18.3 Å². The van der Waals surface area contributed by atoms with Crippen molar-refractivity contribution in [1.82, 2.24) is 19.9 Å². The van der Waals surface area contributed by atoms with E-state index in [4.69, 9.17) is 4.98 Å². The lowest BCUT2D eigenvalue weighted by Gasteiger charge is -2.34. The number of fused-ring (bicyclic) bond motifs is 1. The molecule has 2 aromatic heterocycles. The number of alkyl halides is 2. The maximum absolute atomic E-state index is 12.8. The summed E-state index contributed by atoms with van der Waals surface area (Å²) in [6.45, 7) is 0.388. The van der Waals surface area contributed by atoms with Crippen molar-refractivity contribution >= 4 is 22.9 Å². The number of rotatable bonds is 5. The van der Waals surface area contributed by atoms with E-state index >= 15 is 0 Å². The lowest BCUT2D eigenvalue weighted by atomic mass is 9.96. The van der Waals surface area contributed by atoms with Crippen molar-refractivity contribution in [3.8, 4) is 17.1 Å². The monoisotopic (exact) mass is 441 g/mol. The first-order chi connectivity index (χ1) is 15.6. The lowest BCUT2D eigenvalue weighted by molar-refractivity contribution is -0.134. The number of nitrogens with one attached hydrogen (secondary N) is 1. The minimum atomic E-state index is -2.88. The first kappa shape index (κ1) is 20.7. The third-order valence-electron chi connectivity index (χ3n) is 6.18. The van der Waals surface area contributed by atoms with Crippen LogP contribution in [0, 0.1) is 5.92 Å². The predicted octanol–water partition coefficient (Wildman–Crippen LogP) is 4.07. The van der Waals surface area contributed by atoms with Gasteiger partial charge in [0.2, 0.25) is 5.91 Å². The number of nitrogens with zero attached hydrogens (tertiary/aromatic N) is 4. The molecule has 32 heavy (non-hydrogen) atoms. The average molecular weight is 441 g/mol. The highest BCUT2D eigenvalue weighted by molar-refractivity contribution is 5.81. The number of likely N-dealkylation sites (tertiary alicyclic amines) is 1. The fourth-order valence-electron chi connectivity index (χ4n) is 4.60. The van der Waals surface area contributed by atoms with Crippen molar-refractivity contribution in [2.75, 3.05) is 31.1 Å². The maximum Gasteiger partial charge on any atom is 0.387 e. The third kappa shape index (κ3) is 4.24. The van der Waals surface area contributed by atoms with Gasteiger partial charge < -0.3 is 19.5 Å². The SMILES string of the molecule is O=C(C1CCCN(c2ccc3[nH]c(-c4cccc(OC(F)F)c4)nc3n2)C1)N1CCCC1. The molecule has 5 rings (SSSR count). The van der Waals surface area contributed by atoms with E-state index in [1.54, 1.807) is 12.1 Å². The molecular formula is C23H25F2N5O2. The van der Waals surface area contributed by atoms with Gasteiger partial charge in [-0.25, -0.2) is 9.97 Å². The maximum atomic E-state index is 12.8. The summed E-state index contributed by atoms with van der Waals surface area (Å²) in [5, 5.41) is 0. The van der Waals surface area contributed by atoms with Gasteiger partial charge >= 0.3 is 6.61 Å². The van der Waals surface area contributed by atoms with Crippen molar-refractivity contribution in [2.24, 2.45) is 5.92 Å². The fraction of sp³-hybridized carbons (Fsp3) is 0.435. The van der Waals surface area contributed by atoms with Crippen LogP contribution in [0.2, 0.25) is 0 Å². The molecule has 1 unspecified atom stereocenters. The Bertz CT molecular complexity index is 1110. The number of amides is 1. The number of H-pyrrole nitrogens is 1. The minimum absolute atomic E-state index is 0.00617. The summed E-state index contributed by atoms with van der Waals surface area (Å²) in [7, 11) is 0. The first-order valence-corrected chi connectivity index (χ1v) is 11.0. The number of imidazole rings is 1. The summed E-state index contributed by atoms with van der Waals surface area (Å²) in [6.07, 6.45) is 4.06. The zero-order valence-corrected chi connectivity index (χ0v) is 17.6. The Balaban J connectivity index is 1.35. The number of carbonyl (C=O) groups excluding carboxylic acids is 1.